The van der Waals surface area contributed by atoms with E-state index in [1.165, 1.54) is 0 Å². The van der Waals surface area contributed by atoms with Crippen LogP contribution >= 0.6 is 0 Å². The van der Waals surface area contributed by atoms with Crippen LogP contribution in [-0.2, 0) is 0 Å². The number of aliphatic imine (C=N–C) groups is 2. The van der Waals surface area contributed by atoms with Gasteiger partial charge in [0.2, 0.25) is 0 Å². The maximum Gasteiger partial charge on any atom is 0.146 e. The molecule has 1 heterocycles. The van der Waals surface area contributed by atoms with E-state index in [9.17, 15) is 0 Å². The Morgan fingerprint density at radius 2 is 1.40 bits per heavy atom. The van der Waals surface area contributed by atoms with E-state index in [4.69, 9.17) is 10.4 Å². The summed E-state index contributed by atoms with van der Waals surface area (Å²) < 4.78 is 0. The molecule has 15 heavy (non-hydrogen) atoms. The van der Waals surface area contributed by atoms with Gasteiger partial charge in [-0.3, -0.25) is 9.98 Å². The van der Waals surface area contributed by atoms with Crippen LogP contribution in [0.2, 0.25) is 0 Å². The van der Waals surface area contributed by atoms with E-state index >= 15 is 0 Å². The first kappa shape index (κ1) is 9.82. The molecular formula is C9H12N4O2. The molecule has 0 atom stereocenters. The molecule has 0 amide bonds. The highest BCUT2D eigenvalue weighted by Gasteiger charge is 2.36. The third-order valence-electron chi connectivity index (χ3n) is 2.38. The number of fused-ring (bicyclic) bond motifs is 1. The molecule has 0 saturated heterocycles. The molecule has 2 aliphatic rings. The van der Waals surface area contributed by atoms with Crippen molar-refractivity contribution in [3.05, 3.63) is 0 Å². The molecule has 0 aromatic carbocycles. The fourth-order valence-corrected chi connectivity index (χ4v) is 1.75. The van der Waals surface area contributed by atoms with Gasteiger partial charge in [0, 0.05) is 12.8 Å². The highest BCUT2D eigenvalue weighted by atomic mass is 16.4. The minimum atomic E-state index is -0.569. The van der Waals surface area contributed by atoms with Crippen molar-refractivity contribution in [3.8, 4) is 0 Å². The molecule has 0 spiro atoms. The lowest BCUT2D eigenvalue weighted by atomic mass is 9.93. The Kier molecular flexibility index (Phi) is 2.06. The van der Waals surface area contributed by atoms with Gasteiger partial charge in [0.25, 0.3) is 0 Å². The van der Waals surface area contributed by atoms with E-state index < -0.39 is 5.66 Å². The minimum absolute atomic E-state index is 0.506. The average Bonchev–Trinajstić information content (AvgIpc) is 2.51. The van der Waals surface area contributed by atoms with Gasteiger partial charge in [-0.05, 0) is 13.8 Å². The monoisotopic (exact) mass is 208 g/mol. The van der Waals surface area contributed by atoms with Crippen molar-refractivity contribution in [1.29, 1.82) is 0 Å². The Morgan fingerprint density at radius 1 is 1.00 bits per heavy atom. The van der Waals surface area contributed by atoms with Crippen molar-refractivity contribution in [2.24, 2.45) is 20.3 Å². The molecule has 0 unspecified atom stereocenters. The first-order chi connectivity index (χ1) is 7.07. The van der Waals surface area contributed by atoms with Crippen molar-refractivity contribution in [2.45, 2.75) is 32.4 Å². The number of oxime groups is 2. The zero-order chi connectivity index (χ0) is 11.1. The molecule has 1 aliphatic carbocycles. The Morgan fingerprint density at radius 3 is 1.73 bits per heavy atom. The van der Waals surface area contributed by atoms with Gasteiger partial charge in [-0.15, -0.1) is 0 Å². The smallest absolute Gasteiger partial charge is 0.146 e. The Bertz CT molecular complexity index is 380. The Balaban J connectivity index is 2.52. The van der Waals surface area contributed by atoms with Crippen LogP contribution in [0, 0.1) is 0 Å². The molecule has 0 bridgehead atoms. The van der Waals surface area contributed by atoms with Gasteiger partial charge < -0.3 is 10.4 Å². The van der Waals surface area contributed by atoms with Crippen LogP contribution in [0.15, 0.2) is 20.3 Å². The summed E-state index contributed by atoms with van der Waals surface area (Å²) in [4.78, 5) is 8.65. The van der Waals surface area contributed by atoms with E-state index in [2.05, 4.69) is 20.3 Å². The molecule has 1 aliphatic heterocycles. The molecule has 0 aromatic rings. The molecule has 1 fully saturated rings. The lowest BCUT2D eigenvalue weighted by Gasteiger charge is -2.13. The van der Waals surface area contributed by atoms with Crippen molar-refractivity contribution in [2.75, 3.05) is 0 Å². The van der Waals surface area contributed by atoms with Crippen LogP contribution in [-0.4, -0.2) is 38.9 Å². The highest BCUT2D eigenvalue weighted by molar-refractivity contribution is 6.85. The van der Waals surface area contributed by atoms with E-state index in [0.29, 0.717) is 35.7 Å². The number of rotatable bonds is 0. The number of hydrogen-bond acceptors (Lipinski definition) is 6. The van der Waals surface area contributed by atoms with Crippen LogP contribution in [0.4, 0.5) is 0 Å². The predicted molar refractivity (Wildman–Crippen MR) is 56.6 cm³/mol. The molecule has 6 heteroatoms. The van der Waals surface area contributed by atoms with E-state index in [-0.39, 0.29) is 0 Å². The van der Waals surface area contributed by atoms with Crippen LogP contribution in [0.3, 0.4) is 0 Å². The van der Waals surface area contributed by atoms with Gasteiger partial charge in [0.1, 0.15) is 28.5 Å². The summed E-state index contributed by atoms with van der Waals surface area (Å²) in [6.45, 7) is 3.69. The molecule has 0 aromatic heterocycles. The molecule has 1 saturated carbocycles. The van der Waals surface area contributed by atoms with Crippen LogP contribution in [0.1, 0.15) is 26.7 Å². The zero-order valence-corrected chi connectivity index (χ0v) is 8.60. The first-order valence-electron chi connectivity index (χ1n) is 4.70. The maximum atomic E-state index is 8.82. The van der Waals surface area contributed by atoms with Crippen molar-refractivity contribution in [1.82, 2.24) is 0 Å². The molecule has 2 rings (SSSR count). The van der Waals surface area contributed by atoms with Crippen LogP contribution < -0.4 is 0 Å². The van der Waals surface area contributed by atoms with E-state index in [1.54, 1.807) is 0 Å². The molecule has 80 valence electrons. The van der Waals surface area contributed by atoms with Gasteiger partial charge in [0.15, 0.2) is 0 Å². The Labute approximate surface area is 86.7 Å². The molecule has 0 radical (unpaired) electrons. The minimum Gasteiger partial charge on any atom is -0.411 e. The summed E-state index contributed by atoms with van der Waals surface area (Å²) in [7, 11) is 0. The van der Waals surface area contributed by atoms with E-state index in [0.717, 1.165) is 0 Å². The van der Waals surface area contributed by atoms with E-state index in [1.807, 2.05) is 13.8 Å². The van der Waals surface area contributed by atoms with Crippen molar-refractivity contribution in [3.63, 3.8) is 0 Å². The average molecular weight is 208 g/mol. The summed E-state index contributed by atoms with van der Waals surface area (Å²) in [5, 5.41) is 24.0. The van der Waals surface area contributed by atoms with Crippen molar-refractivity contribution >= 4 is 22.8 Å². The summed E-state index contributed by atoms with van der Waals surface area (Å²) in [6, 6.07) is 0. The third-order valence-corrected chi connectivity index (χ3v) is 2.38. The van der Waals surface area contributed by atoms with Crippen molar-refractivity contribution < 1.29 is 10.4 Å². The van der Waals surface area contributed by atoms with Gasteiger partial charge in [-0.25, -0.2) is 0 Å². The summed E-state index contributed by atoms with van der Waals surface area (Å²) in [5.74, 6) is 0. The number of hydrogen-bond donors (Lipinski definition) is 2. The molecular weight excluding hydrogens is 196 g/mol. The molecule has 2 N–H and O–H groups in total. The maximum absolute atomic E-state index is 8.82. The summed E-state index contributed by atoms with van der Waals surface area (Å²) in [5.41, 5.74) is 1.53. The first-order valence-corrected chi connectivity index (χ1v) is 4.70. The van der Waals surface area contributed by atoms with Crippen LogP contribution in [0.25, 0.3) is 0 Å². The quantitative estimate of drug-likeness (QED) is 0.460. The highest BCUT2D eigenvalue weighted by Crippen LogP contribution is 2.24. The molecule has 6 nitrogen and oxygen atoms in total. The summed E-state index contributed by atoms with van der Waals surface area (Å²) in [6.07, 6.45) is 1.04. The van der Waals surface area contributed by atoms with Gasteiger partial charge in [-0.2, -0.15) is 0 Å². The fraction of sp³-hybridized carbons (Fsp3) is 0.556. The third kappa shape index (κ3) is 1.51. The zero-order valence-electron chi connectivity index (χ0n) is 8.60. The van der Waals surface area contributed by atoms with Gasteiger partial charge in [-0.1, -0.05) is 10.3 Å². The lowest BCUT2D eigenvalue weighted by Crippen LogP contribution is -2.34. The second-order valence-electron chi connectivity index (χ2n) is 4.01. The second kappa shape index (κ2) is 3.15. The fourth-order valence-electron chi connectivity index (χ4n) is 1.75. The topological polar surface area (TPSA) is 89.9 Å². The normalized spacial score (nSPS) is 28.9. The van der Waals surface area contributed by atoms with Gasteiger partial charge >= 0.3 is 0 Å². The Hall–Kier alpha value is -1.72. The SMILES string of the molecule is CC1(C)N=C2C(=NO)CCC(=NO)C2=N1. The van der Waals surface area contributed by atoms with Gasteiger partial charge in [0.05, 0.1) is 0 Å². The predicted octanol–water partition coefficient (Wildman–Crippen LogP) is 1.07. The lowest BCUT2D eigenvalue weighted by molar-refractivity contribution is 0.316. The van der Waals surface area contributed by atoms with Crippen LogP contribution in [0.5, 0.6) is 0 Å². The largest absolute Gasteiger partial charge is 0.411 e. The number of nitrogens with zero attached hydrogens (tertiary/aromatic N) is 4. The standard InChI is InChI=1S/C9H12N4O2/c1-9(2)10-7-5(12-14)3-4-6(13-15)8(7)11-9/h14-15H,3-4H2,1-2H3. The summed E-state index contributed by atoms with van der Waals surface area (Å²) >= 11 is 0. The second-order valence-corrected chi connectivity index (χ2v) is 4.01.